The summed E-state index contributed by atoms with van der Waals surface area (Å²) in [5.41, 5.74) is 0. The minimum atomic E-state index is -4.48. The van der Waals surface area contributed by atoms with Crippen LogP contribution in [0.15, 0.2) is 11.3 Å². The van der Waals surface area contributed by atoms with Crippen LogP contribution in [0.25, 0.3) is 0 Å². The van der Waals surface area contributed by atoms with E-state index in [9.17, 15) is 13.2 Å². The fraction of sp³-hybridized carbons (Fsp3) is 0.250. The number of carbonyl (C=O) groups is 1. The van der Waals surface area contributed by atoms with Gasteiger partial charge in [0.1, 0.15) is 6.26 Å². The van der Waals surface area contributed by atoms with Gasteiger partial charge in [0, 0.05) is 0 Å². The Labute approximate surface area is 67.3 Å². The second-order valence-electron chi connectivity index (χ2n) is 1.83. The molecule has 0 bridgehead atoms. The maximum Gasteiger partial charge on any atom is 0.337 e. The Bertz CT molecular complexity index is 315. The van der Waals surface area contributed by atoms with Gasteiger partial charge in [-0.15, -0.1) is 0 Å². The molecule has 0 radical (unpaired) electrons. The SMILES string of the molecule is O=C1OC=C(Cl)C1S(=O)(=O)O. The van der Waals surface area contributed by atoms with Gasteiger partial charge >= 0.3 is 5.97 Å². The Morgan fingerprint density at radius 2 is 2.18 bits per heavy atom. The predicted molar refractivity (Wildman–Crippen MR) is 35.4 cm³/mol. The van der Waals surface area contributed by atoms with E-state index in [4.69, 9.17) is 16.2 Å². The molecule has 7 heteroatoms. The smallest absolute Gasteiger partial charge is 0.337 e. The lowest BCUT2D eigenvalue weighted by molar-refractivity contribution is -0.135. The van der Waals surface area contributed by atoms with E-state index in [-0.39, 0.29) is 5.03 Å². The van der Waals surface area contributed by atoms with Gasteiger partial charge in [0.25, 0.3) is 10.1 Å². The van der Waals surface area contributed by atoms with Crippen molar-refractivity contribution in [3.8, 4) is 0 Å². The second kappa shape index (κ2) is 2.47. The number of hydrogen-bond donors (Lipinski definition) is 1. The van der Waals surface area contributed by atoms with Crippen molar-refractivity contribution in [3.05, 3.63) is 11.3 Å². The summed E-state index contributed by atoms with van der Waals surface area (Å²) in [7, 11) is -4.48. The first kappa shape index (κ1) is 8.51. The average Bonchev–Trinajstić information content (AvgIpc) is 2.08. The maximum absolute atomic E-state index is 10.5. The third-order valence-corrected chi connectivity index (χ3v) is 2.53. The molecular weight excluding hydrogens is 196 g/mol. The molecule has 11 heavy (non-hydrogen) atoms. The van der Waals surface area contributed by atoms with Gasteiger partial charge in [-0.2, -0.15) is 8.42 Å². The first-order valence-corrected chi connectivity index (χ1v) is 4.33. The van der Waals surface area contributed by atoms with E-state index in [1.165, 1.54) is 0 Å². The van der Waals surface area contributed by atoms with E-state index >= 15 is 0 Å². The predicted octanol–water partition coefficient (Wildman–Crippen LogP) is -0.120. The standard InChI is InChI=1S/C4H3ClO5S/c5-2-1-10-4(6)3(2)11(7,8)9/h1,3H,(H,7,8,9). The molecule has 1 atom stereocenters. The van der Waals surface area contributed by atoms with Crippen molar-refractivity contribution in [2.24, 2.45) is 0 Å². The van der Waals surface area contributed by atoms with Crippen LogP contribution in [-0.4, -0.2) is 24.2 Å². The normalized spacial score (nSPS) is 24.7. The van der Waals surface area contributed by atoms with Crippen molar-refractivity contribution < 1.29 is 22.5 Å². The second-order valence-corrected chi connectivity index (χ2v) is 3.77. The van der Waals surface area contributed by atoms with Crippen molar-refractivity contribution in [1.82, 2.24) is 0 Å². The fourth-order valence-corrected chi connectivity index (χ4v) is 1.72. The molecule has 0 aromatic heterocycles. The van der Waals surface area contributed by atoms with Gasteiger partial charge in [0.2, 0.25) is 5.25 Å². The Balaban J connectivity index is 3.06. The van der Waals surface area contributed by atoms with E-state index in [1.807, 2.05) is 0 Å². The van der Waals surface area contributed by atoms with E-state index in [2.05, 4.69) is 4.74 Å². The van der Waals surface area contributed by atoms with Gasteiger partial charge in [-0.05, 0) is 0 Å². The summed E-state index contributed by atoms with van der Waals surface area (Å²) in [6.45, 7) is 0. The molecule has 1 N–H and O–H groups in total. The minimum Gasteiger partial charge on any atom is -0.432 e. The number of hydrogen-bond acceptors (Lipinski definition) is 4. The van der Waals surface area contributed by atoms with Crippen LogP contribution in [0.3, 0.4) is 0 Å². The van der Waals surface area contributed by atoms with Crippen LogP contribution < -0.4 is 0 Å². The number of rotatable bonds is 1. The molecule has 0 saturated carbocycles. The molecule has 0 aromatic rings. The monoisotopic (exact) mass is 198 g/mol. The first-order chi connectivity index (χ1) is 4.93. The Kier molecular flexibility index (Phi) is 1.91. The highest BCUT2D eigenvalue weighted by Gasteiger charge is 2.39. The molecule has 0 spiro atoms. The highest BCUT2D eigenvalue weighted by molar-refractivity contribution is 7.87. The largest absolute Gasteiger partial charge is 0.432 e. The van der Waals surface area contributed by atoms with Crippen molar-refractivity contribution >= 4 is 27.7 Å². The van der Waals surface area contributed by atoms with Crippen LogP contribution in [0.5, 0.6) is 0 Å². The average molecular weight is 199 g/mol. The topological polar surface area (TPSA) is 80.7 Å². The van der Waals surface area contributed by atoms with Gasteiger partial charge in [-0.25, -0.2) is 4.79 Å². The fourth-order valence-electron chi connectivity index (χ4n) is 0.614. The molecule has 0 fully saturated rings. The highest BCUT2D eigenvalue weighted by Crippen LogP contribution is 2.22. The summed E-state index contributed by atoms with van der Waals surface area (Å²) in [5.74, 6) is -1.09. The Hall–Kier alpha value is -0.590. The van der Waals surface area contributed by atoms with Crippen LogP contribution in [-0.2, 0) is 19.6 Å². The van der Waals surface area contributed by atoms with Crippen LogP contribution >= 0.6 is 11.6 Å². The lowest BCUT2D eigenvalue weighted by Gasteiger charge is -2.00. The van der Waals surface area contributed by atoms with E-state index in [0.717, 1.165) is 6.26 Å². The Morgan fingerprint density at radius 1 is 1.64 bits per heavy atom. The zero-order chi connectivity index (χ0) is 8.65. The molecule has 1 aliphatic rings. The van der Waals surface area contributed by atoms with Crippen molar-refractivity contribution in [2.45, 2.75) is 5.25 Å². The molecule has 0 aromatic carbocycles. The number of halogens is 1. The van der Waals surface area contributed by atoms with Crippen molar-refractivity contribution in [2.75, 3.05) is 0 Å². The Morgan fingerprint density at radius 3 is 2.36 bits per heavy atom. The number of carbonyl (C=O) groups excluding carboxylic acids is 1. The molecule has 1 rings (SSSR count). The molecule has 0 saturated heterocycles. The van der Waals surface area contributed by atoms with Gasteiger partial charge in [-0.1, -0.05) is 11.6 Å². The zero-order valence-corrected chi connectivity index (χ0v) is 6.59. The summed E-state index contributed by atoms with van der Waals surface area (Å²) >= 11 is 5.23. The maximum atomic E-state index is 10.5. The van der Waals surface area contributed by atoms with Gasteiger partial charge in [0.05, 0.1) is 5.03 Å². The highest BCUT2D eigenvalue weighted by atomic mass is 35.5. The van der Waals surface area contributed by atoms with Crippen LogP contribution in [0, 0.1) is 0 Å². The molecule has 5 nitrogen and oxygen atoms in total. The molecule has 1 unspecified atom stereocenters. The third-order valence-electron chi connectivity index (χ3n) is 1.05. The minimum absolute atomic E-state index is 0.336. The summed E-state index contributed by atoms with van der Waals surface area (Å²) < 4.78 is 33.3. The number of esters is 1. The first-order valence-electron chi connectivity index (χ1n) is 2.45. The van der Waals surface area contributed by atoms with E-state index in [1.54, 1.807) is 0 Å². The van der Waals surface area contributed by atoms with E-state index in [0.29, 0.717) is 0 Å². The lowest BCUT2D eigenvalue weighted by Crippen LogP contribution is -2.26. The molecule has 0 aliphatic carbocycles. The zero-order valence-electron chi connectivity index (χ0n) is 5.02. The molecule has 1 aliphatic heterocycles. The van der Waals surface area contributed by atoms with E-state index < -0.39 is 21.3 Å². The molecule has 1 heterocycles. The third kappa shape index (κ3) is 1.52. The lowest BCUT2D eigenvalue weighted by atomic mass is 10.4. The quantitative estimate of drug-likeness (QED) is 0.469. The van der Waals surface area contributed by atoms with Crippen LogP contribution in [0.2, 0.25) is 0 Å². The van der Waals surface area contributed by atoms with Crippen molar-refractivity contribution in [3.63, 3.8) is 0 Å². The molecule has 62 valence electrons. The summed E-state index contributed by atoms with van der Waals surface area (Å²) in [5, 5.41) is -2.10. The molecule has 0 amide bonds. The summed E-state index contributed by atoms with van der Waals surface area (Å²) in [6.07, 6.45) is 0.780. The van der Waals surface area contributed by atoms with Gasteiger partial charge in [0.15, 0.2) is 0 Å². The number of ether oxygens (including phenoxy) is 1. The molecular formula is C4H3ClO5S. The summed E-state index contributed by atoms with van der Waals surface area (Å²) in [4.78, 5) is 10.5. The van der Waals surface area contributed by atoms with Gasteiger partial charge in [-0.3, -0.25) is 4.55 Å². The number of cyclic esters (lactones) is 1. The summed E-state index contributed by atoms with van der Waals surface area (Å²) in [6, 6.07) is 0. The van der Waals surface area contributed by atoms with Crippen molar-refractivity contribution in [1.29, 1.82) is 0 Å². The van der Waals surface area contributed by atoms with Crippen LogP contribution in [0.4, 0.5) is 0 Å². The van der Waals surface area contributed by atoms with Gasteiger partial charge < -0.3 is 4.74 Å². The van der Waals surface area contributed by atoms with Crippen LogP contribution in [0.1, 0.15) is 0 Å².